The number of aliphatic carboxylic acids is 1. The van der Waals surface area contributed by atoms with Crippen LogP contribution < -0.4 is 27.4 Å². The second kappa shape index (κ2) is 11.3. The Bertz CT molecular complexity index is 706. The van der Waals surface area contributed by atoms with Crippen molar-refractivity contribution >= 4 is 29.6 Å². The van der Waals surface area contributed by atoms with Gasteiger partial charge < -0.3 is 37.5 Å². The van der Waals surface area contributed by atoms with Crippen LogP contribution in [0.1, 0.15) is 18.5 Å². The summed E-state index contributed by atoms with van der Waals surface area (Å²) in [6.45, 7) is -1.07. The molecule has 13 nitrogen and oxygen atoms in total. The zero-order valence-corrected chi connectivity index (χ0v) is 14.9. The average Bonchev–Trinajstić information content (AvgIpc) is 3.14. The first-order valence-electron chi connectivity index (χ1n) is 8.26. The standard InChI is InChI=1S/C15H23N7O6/c16-9(1-2-11(17)23)14(27)19-5-12(24)22-10(3-8-4-18-7-21-8)15(28)20-6-13(25)26/h4,7,9-10H,1-3,5-6,16H2,(H2,17,23)(H,18,21)(H,19,27)(H,20,28)(H,22,24)(H,25,26). The molecule has 2 unspecified atom stereocenters. The van der Waals surface area contributed by atoms with Gasteiger partial charge in [0.2, 0.25) is 23.6 Å². The van der Waals surface area contributed by atoms with Gasteiger partial charge in [0.15, 0.2) is 0 Å². The minimum Gasteiger partial charge on any atom is -0.480 e. The van der Waals surface area contributed by atoms with Crippen LogP contribution in [-0.4, -0.2) is 69.8 Å². The molecule has 0 aliphatic carbocycles. The molecule has 1 aromatic heterocycles. The maximum absolute atomic E-state index is 12.1. The van der Waals surface area contributed by atoms with Gasteiger partial charge in [-0.25, -0.2) is 4.98 Å². The summed E-state index contributed by atoms with van der Waals surface area (Å²) in [5.41, 5.74) is 11.1. The summed E-state index contributed by atoms with van der Waals surface area (Å²) in [5, 5.41) is 15.5. The summed E-state index contributed by atoms with van der Waals surface area (Å²) in [7, 11) is 0. The van der Waals surface area contributed by atoms with Crippen LogP contribution in [-0.2, 0) is 30.4 Å². The number of carbonyl (C=O) groups is 5. The fourth-order valence-electron chi connectivity index (χ4n) is 2.08. The molecule has 0 radical (unpaired) electrons. The topological polar surface area (TPSA) is 222 Å². The van der Waals surface area contributed by atoms with Gasteiger partial charge in [0.05, 0.1) is 18.9 Å². The number of nitrogens with two attached hydrogens (primary N) is 2. The van der Waals surface area contributed by atoms with Crippen LogP contribution in [0.4, 0.5) is 0 Å². The molecular weight excluding hydrogens is 374 g/mol. The Kier molecular flexibility index (Phi) is 9.09. The van der Waals surface area contributed by atoms with E-state index in [4.69, 9.17) is 16.6 Å². The predicted molar refractivity (Wildman–Crippen MR) is 94.3 cm³/mol. The van der Waals surface area contributed by atoms with Crippen LogP contribution in [0.5, 0.6) is 0 Å². The Morgan fingerprint density at radius 1 is 1.14 bits per heavy atom. The SMILES string of the molecule is NC(=O)CCC(N)C(=O)NCC(=O)NC(Cc1cnc[nH]1)C(=O)NCC(=O)O. The zero-order chi connectivity index (χ0) is 21.1. The second-order valence-corrected chi connectivity index (χ2v) is 5.84. The summed E-state index contributed by atoms with van der Waals surface area (Å²) in [6.07, 6.45) is 2.82. The van der Waals surface area contributed by atoms with Crippen molar-refractivity contribution in [2.75, 3.05) is 13.1 Å². The van der Waals surface area contributed by atoms with Crippen LogP contribution in [0, 0.1) is 0 Å². The van der Waals surface area contributed by atoms with Gasteiger partial charge >= 0.3 is 5.97 Å². The van der Waals surface area contributed by atoms with E-state index in [1.54, 1.807) is 0 Å². The van der Waals surface area contributed by atoms with Crippen molar-refractivity contribution < 1.29 is 29.1 Å². The fraction of sp³-hybridized carbons (Fsp3) is 0.467. The molecule has 1 aromatic rings. The van der Waals surface area contributed by atoms with E-state index in [9.17, 15) is 24.0 Å². The van der Waals surface area contributed by atoms with Gasteiger partial charge in [-0.2, -0.15) is 0 Å². The Labute approximate surface area is 159 Å². The van der Waals surface area contributed by atoms with Crippen molar-refractivity contribution in [2.24, 2.45) is 11.5 Å². The van der Waals surface area contributed by atoms with Gasteiger partial charge in [-0.1, -0.05) is 0 Å². The lowest BCUT2D eigenvalue weighted by atomic mass is 10.1. The lowest BCUT2D eigenvalue weighted by molar-refractivity contribution is -0.138. The van der Waals surface area contributed by atoms with Crippen LogP contribution in [0.3, 0.4) is 0 Å². The van der Waals surface area contributed by atoms with E-state index in [0.29, 0.717) is 5.69 Å². The first kappa shape index (κ1) is 22.6. The number of aromatic amines is 1. The summed E-state index contributed by atoms with van der Waals surface area (Å²) >= 11 is 0. The highest BCUT2D eigenvalue weighted by atomic mass is 16.4. The summed E-state index contributed by atoms with van der Waals surface area (Å²) in [4.78, 5) is 63.8. The van der Waals surface area contributed by atoms with Crippen molar-refractivity contribution in [3.63, 3.8) is 0 Å². The third kappa shape index (κ3) is 8.75. The molecule has 2 atom stereocenters. The van der Waals surface area contributed by atoms with E-state index in [1.165, 1.54) is 12.5 Å². The number of imidazole rings is 1. The third-order valence-electron chi connectivity index (χ3n) is 3.51. The molecule has 0 spiro atoms. The number of carboxylic acids is 1. The van der Waals surface area contributed by atoms with E-state index >= 15 is 0 Å². The molecule has 28 heavy (non-hydrogen) atoms. The number of nitrogens with zero attached hydrogens (tertiary/aromatic N) is 1. The predicted octanol–water partition coefficient (Wildman–Crippen LogP) is -3.65. The lowest BCUT2D eigenvalue weighted by Crippen LogP contribution is -2.52. The van der Waals surface area contributed by atoms with E-state index < -0.39 is 54.8 Å². The number of carboxylic acid groups (broad SMARTS) is 1. The van der Waals surface area contributed by atoms with E-state index in [1.807, 2.05) is 0 Å². The van der Waals surface area contributed by atoms with Gasteiger partial charge in [0.1, 0.15) is 12.6 Å². The molecule has 0 saturated carbocycles. The number of primary amides is 1. The minimum absolute atomic E-state index is 0.0306. The lowest BCUT2D eigenvalue weighted by Gasteiger charge is -2.18. The zero-order valence-electron chi connectivity index (χ0n) is 14.9. The van der Waals surface area contributed by atoms with Gasteiger partial charge in [-0.15, -0.1) is 0 Å². The Balaban J connectivity index is 2.57. The van der Waals surface area contributed by atoms with Crippen LogP contribution >= 0.6 is 0 Å². The van der Waals surface area contributed by atoms with Gasteiger partial charge in [-0.05, 0) is 6.42 Å². The van der Waals surface area contributed by atoms with Gasteiger partial charge in [0, 0.05) is 24.7 Å². The number of amides is 4. The first-order valence-corrected chi connectivity index (χ1v) is 8.26. The minimum atomic E-state index is -1.24. The van der Waals surface area contributed by atoms with Gasteiger partial charge in [-0.3, -0.25) is 24.0 Å². The van der Waals surface area contributed by atoms with Crippen LogP contribution in [0.15, 0.2) is 12.5 Å². The molecule has 154 valence electrons. The Hall–Kier alpha value is -3.48. The number of hydrogen-bond donors (Lipinski definition) is 7. The molecule has 0 aromatic carbocycles. The summed E-state index contributed by atoms with van der Waals surface area (Å²) < 4.78 is 0. The molecule has 1 heterocycles. The highest BCUT2D eigenvalue weighted by Crippen LogP contribution is 1.99. The van der Waals surface area contributed by atoms with Crippen molar-refractivity contribution in [3.8, 4) is 0 Å². The van der Waals surface area contributed by atoms with Crippen molar-refractivity contribution in [1.29, 1.82) is 0 Å². The maximum atomic E-state index is 12.1. The van der Waals surface area contributed by atoms with E-state index in [-0.39, 0.29) is 19.3 Å². The van der Waals surface area contributed by atoms with Crippen molar-refractivity contribution in [1.82, 2.24) is 25.9 Å². The van der Waals surface area contributed by atoms with Crippen LogP contribution in [0.25, 0.3) is 0 Å². The number of nitrogens with one attached hydrogen (secondary N) is 4. The molecule has 9 N–H and O–H groups in total. The molecule has 0 aliphatic heterocycles. The number of hydrogen-bond acceptors (Lipinski definition) is 7. The van der Waals surface area contributed by atoms with Crippen molar-refractivity contribution in [3.05, 3.63) is 18.2 Å². The monoisotopic (exact) mass is 397 g/mol. The largest absolute Gasteiger partial charge is 0.480 e. The normalized spacial score (nSPS) is 12.5. The maximum Gasteiger partial charge on any atom is 0.322 e. The number of rotatable bonds is 12. The number of carbonyl (C=O) groups excluding carboxylic acids is 4. The first-order chi connectivity index (χ1) is 13.2. The molecular formula is C15H23N7O6. The molecule has 0 aliphatic rings. The smallest absolute Gasteiger partial charge is 0.322 e. The van der Waals surface area contributed by atoms with Crippen LogP contribution in [0.2, 0.25) is 0 Å². The molecule has 1 rings (SSSR count). The Morgan fingerprint density at radius 3 is 2.39 bits per heavy atom. The molecule has 0 saturated heterocycles. The van der Waals surface area contributed by atoms with Gasteiger partial charge in [0.25, 0.3) is 0 Å². The van der Waals surface area contributed by atoms with Crippen molar-refractivity contribution in [2.45, 2.75) is 31.3 Å². The molecule has 4 amide bonds. The molecule has 0 bridgehead atoms. The molecule has 13 heteroatoms. The summed E-state index contributed by atoms with van der Waals surface area (Å²) in [5.74, 6) is -3.90. The Morgan fingerprint density at radius 2 is 1.82 bits per heavy atom. The number of H-pyrrole nitrogens is 1. The quantitative estimate of drug-likeness (QED) is 0.186. The summed E-state index contributed by atoms with van der Waals surface area (Å²) in [6, 6.07) is -2.10. The number of aromatic nitrogens is 2. The fourth-order valence-corrected chi connectivity index (χ4v) is 2.08. The average molecular weight is 397 g/mol. The highest BCUT2D eigenvalue weighted by Gasteiger charge is 2.23. The third-order valence-corrected chi connectivity index (χ3v) is 3.51. The highest BCUT2D eigenvalue weighted by molar-refractivity contribution is 5.92. The van der Waals surface area contributed by atoms with E-state index in [2.05, 4.69) is 25.9 Å². The second-order valence-electron chi connectivity index (χ2n) is 5.84. The molecule has 0 fully saturated rings. The van der Waals surface area contributed by atoms with E-state index in [0.717, 1.165) is 0 Å².